The zero-order valence-corrected chi connectivity index (χ0v) is 20.1. The number of carboxylic acids is 1. The van der Waals surface area contributed by atoms with Crippen molar-refractivity contribution in [1.82, 2.24) is 14.9 Å². The highest BCUT2D eigenvalue weighted by Gasteiger charge is 2.34. The molecule has 0 aliphatic carbocycles. The van der Waals surface area contributed by atoms with E-state index in [-0.39, 0.29) is 5.92 Å². The van der Waals surface area contributed by atoms with Gasteiger partial charge in [0.05, 0.1) is 18.5 Å². The third-order valence-electron chi connectivity index (χ3n) is 6.58. The van der Waals surface area contributed by atoms with E-state index in [1.165, 1.54) is 0 Å². The molecule has 1 aromatic carbocycles. The van der Waals surface area contributed by atoms with E-state index < -0.39 is 18.1 Å². The summed E-state index contributed by atoms with van der Waals surface area (Å²) in [6.45, 7) is 2.18. The van der Waals surface area contributed by atoms with Gasteiger partial charge in [-0.3, -0.25) is 14.8 Å². The van der Waals surface area contributed by atoms with Crippen LogP contribution in [0.5, 0.6) is 5.75 Å². The Morgan fingerprint density at radius 3 is 2.97 bits per heavy atom. The van der Waals surface area contributed by atoms with Crippen LogP contribution in [0.3, 0.4) is 0 Å². The van der Waals surface area contributed by atoms with E-state index in [1.807, 2.05) is 36.5 Å². The number of fused-ring (bicyclic) bond motifs is 1. The van der Waals surface area contributed by atoms with E-state index in [9.17, 15) is 9.90 Å². The number of pyridine rings is 2. The number of halogens is 1. The molecule has 180 valence electrons. The molecule has 1 aliphatic heterocycles. The van der Waals surface area contributed by atoms with Gasteiger partial charge >= 0.3 is 5.97 Å². The van der Waals surface area contributed by atoms with Crippen LogP contribution in [0.15, 0.2) is 59.9 Å². The van der Waals surface area contributed by atoms with Crippen LogP contribution < -0.4 is 4.74 Å². The molecule has 2 aromatic heterocycles. The summed E-state index contributed by atoms with van der Waals surface area (Å²) in [5.41, 5.74) is 1.31. The van der Waals surface area contributed by atoms with Crippen LogP contribution in [-0.4, -0.2) is 58.4 Å². The number of carboxylic acid groups (broad SMARTS) is 1. The van der Waals surface area contributed by atoms with Crippen molar-refractivity contribution in [1.29, 1.82) is 0 Å². The van der Waals surface area contributed by atoms with E-state index in [2.05, 4.69) is 14.9 Å². The third-order valence-corrected chi connectivity index (χ3v) is 7.54. The highest BCUT2D eigenvalue weighted by Crippen LogP contribution is 2.35. The first-order chi connectivity index (χ1) is 16.5. The van der Waals surface area contributed by atoms with Crippen LogP contribution in [0.25, 0.3) is 10.9 Å². The van der Waals surface area contributed by atoms with Gasteiger partial charge in [0.25, 0.3) is 0 Å². The number of alkyl halides is 1. The molecule has 3 atom stereocenters. The maximum atomic E-state index is 15.4. The van der Waals surface area contributed by atoms with E-state index in [0.29, 0.717) is 30.7 Å². The molecule has 0 bridgehead atoms. The fraction of sp³-hybridized carbons (Fsp3) is 0.423. The second-order valence-corrected chi connectivity index (χ2v) is 9.83. The van der Waals surface area contributed by atoms with Crippen molar-refractivity contribution in [2.24, 2.45) is 11.8 Å². The molecule has 3 aromatic rings. The van der Waals surface area contributed by atoms with Crippen LogP contribution in [0.2, 0.25) is 0 Å². The molecule has 3 heterocycles. The Morgan fingerprint density at radius 1 is 1.32 bits per heavy atom. The van der Waals surface area contributed by atoms with Crippen molar-refractivity contribution in [2.75, 3.05) is 32.5 Å². The topological polar surface area (TPSA) is 75.5 Å². The maximum Gasteiger partial charge on any atom is 0.308 e. The summed E-state index contributed by atoms with van der Waals surface area (Å²) in [5, 5.41) is 10.6. The largest absolute Gasteiger partial charge is 0.497 e. The minimum atomic E-state index is -1.18. The molecule has 1 unspecified atom stereocenters. The Kier molecular flexibility index (Phi) is 8.34. The predicted octanol–water partition coefficient (Wildman–Crippen LogP) is 5.24. The number of hydrogen-bond donors (Lipinski definition) is 1. The zero-order valence-electron chi connectivity index (χ0n) is 19.3. The Bertz CT molecular complexity index is 1100. The first-order valence-corrected chi connectivity index (χ1v) is 12.6. The minimum Gasteiger partial charge on any atom is -0.497 e. The molecule has 0 amide bonds. The van der Waals surface area contributed by atoms with Crippen LogP contribution in [0.4, 0.5) is 4.39 Å². The quantitative estimate of drug-likeness (QED) is 0.395. The summed E-state index contributed by atoms with van der Waals surface area (Å²) in [6, 6.07) is 11.1. The monoisotopic (exact) mass is 483 g/mol. The minimum absolute atomic E-state index is 0.0272. The maximum absolute atomic E-state index is 15.4. The van der Waals surface area contributed by atoms with Gasteiger partial charge in [0, 0.05) is 47.7 Å². The summed E-state index contributed by atoms with van der Waals surface area (Å²) in [5.74, 6) is 0.255. The van der Waals surface area contributed by atoms with Crippen molar-refractivity contribution in [2.45, 2.75) is 30.3 Å². The number of methoxy groups -OCH3 is 1. The van der Waals surface area contributed by atoms with Crippen LogP contribution in [-0.2, 0) is 4.79 Å². The van der Waals surface area contributed by atoms with Crippen LogP contribution in [0, 0.1) is 11.8 Å². The SMILES string of the molecule is COc1ccc2nccc(C(F)CC[C@@H]3CCN(CCSc4cccnc4)C[C@@H]3C(=O)O)c2c1. The Labute approximate surface area is 203 Å². The van der Waals surface area contributed by atoms with Gasteiger partial charge in [-0.1, -0.05) is 0 Å². The van der Waals surface area contributed by atoms with Gasteiger partial charge in [0.1, 0.15) is 11.9 Å². The number of aliphatic carboxylic acids is 1. The molecule has 0 saturated carbocycles. The van der Waals surface area contributed by atoms with Crippen molar-refractivity contribution in [3.63, 3.8) is 0 Å². The molecule has 1 aliphatic rings. The van der Waals surface area contributed by atoms with Gasteiger partial charge in [-0.05, 0) is 73.7 Å². The summed E-state index contributed by atoms with van der Waals surface area (Å²) in [4.78, 5) is 23.8. The summed E-state index contributed by atoms with van der Waals surface area (Å²) in [7, 11) is 1.58. The van der Waals surface area contributed by atoms with Crippen molar-refractivity contribution in [3.8, 4) is 5.75 Å². The standard InChI is InChI=1S/C26H30FN3O3S/c1-33-19-5-7-25-22(15-19)21(8-11-29-25)24(27)6-4-18-9-12-30(17-23(18)26(31)32)13-14-34-20-3-2-10-28-16-20/h2-3,5,7-8,10-11,15-16,18,23-24H,4,6,9,12-14,17H2,1H3,(H,31,32)/t18-,23+,24?/m1/s1. The number of carbonyl (C=O) groups is 1. The van der Waals surface area contributed by atoms with Crippen LogP contribution >= 0.6 is 11.8 Å². The first kappa shape index (κ1) is 24.4. The van der Waals surface area contributed by atoms with Crippen molar-refractivity contribution >= 4 is 28.6 Å². The summed E-state index contributed by atoms with van der Waals surface area (Å²) in [6.07, 6.45) is 5.65. The zero-order chi connectivity index (χ0) is 23.9. The lowest BCUT2D eigenvalue weighted by Gasteiger charge is -2.36. The molecular weight excluding hydrogens is 453 g/mol. The molecule has 1 saturated heterocycles. The number of hydrogen-bond acceptors (Lipinski definition) is 6. The number of piperidine rings is 1. The molecule has 1 N–H and O–H groups in total. The average Bonchev–Trinajstić information content (AvgIpc) is 2.87. The molecule has 1 fully saturated rings. The lowest BCUT2D eigenvalue weighted by molar-refractivity contribution is -0.146. The van der Waals surface area contributed by atoms with Gasteiger partial charge in [0.15, 0.2) is 0 Å². The molecule has 4 rings (SSSR count). The first-order valence-electron chi connectivity index (χ1n) is 11.6. The Hall–Kier alpha value is -2.71. The smallest absolute Gasteiger partial charge is 0.308 e. The third kappa shape index (κ3) is 6.04. The van der Waals surface area contributed by atoms with Crippen LogP contribution in [0.1, 0.15) is 31.0 Å². The fourth-order valence-electron chi connectivity index (χ4n) is 4.68. The number of aromatic nitrogens is 2. The van der Waals surface area contributed by atoms with Gasteiger partial charge in [-0.15, -0.1) is 11.8 Å². The number of rotatable bonds is 10. The van der Waals surface area contributed by atoms with Crippen molar-refractivity contribution < 1.29 is 19.0 Å². The average molecular weight is 484 g/mol. The fourth-order valence-corrected chi connectivity index (χ4v) is 5.58. The molecular formula is C26H30FN3O3S. The van der Waals surface area contributed by atoms with E-state index in [1.54, 1.807) is 37.3 Å². The second kappa shape index (κ2) is 11.6. The summed E-state index contributed by atoms with van der Waals surface area (Å²) < 4.78 is 20.6. The highest BCUT2D eigenvalue weighted by molar-refractivity contribution is 7.99. The Morgan fingerprint density at radius 2 is 2.21 bits per heavy atom. The Balaban J connectivity index is 1.34. The highest BCUT2D eigenvalue weighted by atomic mass is 32.2. The van der Waals surface area contributed by atoms with Gasteiger partial charge in [-0.2, -0.15) is 0 Å². The van der Waals surface area contributed by atoms with E-state index >= 15 is 4.39 Å². The molecule has 8 heteroatoms. The number of benzene rings is 1. The van der Waals surface area contributed by atoms with E-state index in [4.69, 9.17) is 4.74 Å². The van der Waals surface area contributed by atoms with Gasteiger partial charge in [0.2, 0.25) is 0 Å². The lowest BCUT2D eigenvalue weighted by atomic mass is 9.81. The lowest BCUT2D eigenvalue weighted by Crippen LogP contribution is -2.44. The number of thioether (sulfide) groups is 1. The molecule has 34 heavy (non-hydrogen) atoms. The van der Waals surface area contributed by atoms with Gasteiger partial charge < -0.3 is 14.7 Å². The predicted molar refractivity (Wildman–Crippen MR) is 132 cm³/mol. The number of nitrogens with zero attached hydrogens (tertiary/aromatic N) is 3. The number of likely N-dealkylation sites (tertiary alicyclic amines) is 1. The summed E-state index contributed by atoms with van der Waals surface area (Å²) >= 11 is 1.72. The number of ether oxygens (including phenoxy) is 1. The van der Waals surface area contributed by atoms with Crippen molar-refractivity contribution in [3.05, 3.63) is 60.6 Å². The van der Waals surface area contributed by atoms with E-state index in [0.717, 1.165) is 41.1 Å². The normalized spacial score (nSPS) is 19.7. The molecule has 6 nitrogen and oxygen atoms in total. The molecule has 0 radical (unpaired) electrons. The van der Waals surface area contributed by atoms with Gasteiger partial charge in [-0.25, -0.2) is 4.39 Å². The molecule has 0 spiro atoms. The second-order valence-electron chi connectivity index (χ2n) is 8.66.